The van der Waals surface area contributed by atoms with Crippen molar-refractivity contribution in [1.29, 1.82) is 0 Å². The van der Waals surface area contributed by atoms with Gasteiger partial charge < -0.3 is 9.15 Å². The molecule has 0 radical (unpaired) electrons. The maximum atomic E-state index is 13.0. The molecular formula is C27H20N2O5. The number of imide groups is 2. The lowest BCUT2D eigenvalue weighted by molar-refractivity contribution is -0.130. The zero-order chi connectivity index (χ0) is 23.5. The van der Waals surface area contributed by atoms with Crippen molar-refractivity contribution in [3.63, 3.8) is 0 Å². The quantitative estimate of drug-likeness (QED) is 0.339. The summed E-state index contributed by atoms with van der Waals surface area (Å²) < 4.78 is 11.3. The summed E-state index contributed by atoms with van der Waals surface area (Å²) in [6.45, 7) is 0.228. The highest BCUT2D eigenvalue weighted by Crippen LogP contribution is 2.26. The van der Waals surface area contributed by atoms with Gasteiger partial charge in [0.05, 0.1) is 12.8 Å². The van der Waals surface area contributed by atoms with Gasteiger partial charge in [0.15, 0.2) is 0 Å². The number of hydrogen-bond acceptors (Lipinski definition) is 5. The number of barbiturate groups is 1. The smallest absolute Gasteiger partial charge is 0.331 e. The molecule has 168 valence electrons. The van der Waals surface area contributed by atoms with Gasteiger partial charge in [-0.25, -0.2) is 4.79 Å². The molecule has 0 atom stereocenters. The molecule has 1 aromatic heterocycles. The monoisotopic (exact) mass is 452 g/mol. The van der Waals surface area contributed by atoms with Crippen molar-refractivity contribution < 1.29 is 23.5 Å². The number of ether oxygens (including phenoxy) is 1. The summed E-state index contributed by atoms with van der Waals surface area (Å²) in [7, 11) is 0. The molecule has 0 bridgehead atoms. The number of carbonyl (C=O) groups excluding carboxylic acids is 3. The molecule has 1 aliphatic rings. The number of benzene rings is 3. The first-order chi connectivity index (χ1) is 16.6. The number of fused-ring (bicyclic) bond motifs is 1. The van der Waals surface area contributed by atoms with Crippen LogP contribution in [0.3, 0.4) is 0 Å². The van der Waals surface area contributed by atoms with E-state index >= 15 is 0 Å². The van der Waals surface area contributed by atoms with Crippen molar-refractivity contribution in [2.45, 2.75) is 13.2 Å². The van der Waals surface area contributed by atoms with E-state index in [1.165, 1.54) is 12.3 Å². The zero-order valence-corrected chi connectivity index (χ0v) is 18.1. The Morgan fingerprint density at radius 1 is 0.882 bits per heavy atom. The molecule has 3 aromatic carbocycles. The van der Waals surface area contributed by atoms with Crippen molar-refractivity contribution in [1.82, 2.24) is 10.2 Å². The number of carbonyl (C=O) groups is 3. The molecule has 0 saturated carbocycles. The molecule has 2 heterocycles. The van der Waals surface area contributed by atoms with Crippen LogP contribution in [-0.2, 0) is 22.7 Å². The summed E-state index contributed by atoms with van der Waals surface area (Å²) in [5, 5.41) is 4.42. The molecule has 5 rings (SSSR count). The van der Waals surface area contributed by atoms with E-state index in [9.17, 15) is 14.4 Å². The number of nitrogens with one attached hydrogen (secondary N) is 1. The van der Waals surface area contributed by atoms with Gasteiger partial charge in [0, 0.05) is 5.56 Å². The van der Waals surface area contributed by atoms with Crippen LogP contribution in [0.2, 0.25) is 0 Å². The van der Waals surface area contributed by atoms with E-state index in [0.717, 1.165) is 21.2 Å². The van der Waals surface area contributed by atoms with Gasteiger partial charge in [0.2, 0.25) is 0 Å². The maximum absolute atomic E-state index is 13.0. The number of furan rings is 1. The van der Waals surface area contributed by atoms with Gasteiger partial charge in [-0.2, -0.15) is 0 Å². The lowest BCUT2D eigenvalue weighted by Crippen LogP contribution is -2.53. The Hall–Kier alpha value is -4.65. The number of nitrogens with zero attached hydrogens (tertiary/aromatic N) is 1. The van der Waals surface area contributed by atoms with Crippen LogP contribution < -0.4 is 10.1 Å². The summed E-state index contributed by atoms with van der Waals surface area (Å²) in [6.07, 6.45) is 2.89. The first kappa shape index (κ1) is 21.2. The van der Waals surface area contributed by atoms with Crippen molar-refractivity contribution in [3.05, 3.63) is 108 Å². The van der Waals surface area contributed by atoms with Crippen LogP contribution in [-0.4, -0.2) is 22.7 Å². The highest BCUT2D eigenvalue weighted by molar-refractivity contribution is 6.31. The third-order valence-electron chi connectivity index (χ3n) is 5.56. The van der Waals surface area contributed by atoms with Gasteiger partial charge in [0.25, 0.3) is 11.8 Å². The second-order valence-corrected chi connectivity index (χ2v) is 7.75. The predicted octanol–water partition coefficient (Wildman–Crippen LogP) is 4.67. The van der Waals surface area contributed by atoms with E-state index in [1.54, 1.807) is 30.3 Å². The van der Waals surface area contributed by atoms with Crippen molar-refractivity contribution in [2.75, 3.05) is 0 Å². The van der Waals surface area contributed by atoms with E-state index in [1.807, 2.05) is 48.5 Å². The Morgan fingerprint density at radius 3 is 2.53 bits per heavy atom. The zero-order valence-electron chi connectivity index (χ0n) is 18.1. The Labute approximate surface area is 195 Å². The van der Waals surface area contributed by atoms with Crippen molar-refractivity contribution in [3.8, 4) is 5.75 Å². The summed E-state index contributed by atoms with van der Waals surface area (Å²) in [5.74, 6) is -0.516. The Kier molecular flexibility index (Phi) is 5.66. The molecular weight excluding hydrogens is 432 g/mol. The summed E-state index contributed by atoms with van der Waals surface area (Å²) in [5.41, 5.74) is 1.41. The molecule has 0 unspecified atom stereocenters. The lowest BCUT2D eigenvalue weighted by atomic mass is 10.0. The van der Waals surface area contributed by atoms with Crippen LogP contribution in [0.15, 0.2) is 95.1 Å². The molecule has 1 aliphatic heterocycles. The first-order valence-corrected chi connectivity index (χ1v) is 10.7. The second-order valence-electron chi connectivity index (χ2n) is 7.75. The molecule has 1 fully saturated rings. The van der Waals surface area contributed by atoms with Gasteiger partial charge in [0.1, 0.15) is 23.7 Å². The predicted molar refractivity (Wildman–Crippen MR) is 125 cm³/mol. The largest absolute Gasteiger partial charge is 0.488 e. The fourth-order valence-corrected chi connectivity index (χ4v) is 3.86. The molecule has 1 saturated heterocycles. The van der Waals surface area contributed by atoms with Gasteiger partial charge >= 0.3 is 6.03 Å². The number of para-hydroxylation sites is 1. The third kappa shape index (κ3) is 4.19. The Bertz CT molecular complexity index is 1420. The average molecular weight is 452 g/mol. The number of rotatable bonds is 6. The van der Waals surface area contributed by atoms with Crippen LogP contribution in [0, 0.1) is 0 Å². The van der Waals surface area contributed by atoms with E-state index < -0.39 is 17.8 Å². The fraction of sp³-hybridized carbons (Fsp3) is 0.0741. The third-order valence-corrected chi connectivity index (χ3v) is 5.56. The molecule has 7 nitrogen and oxygen atoms in total. The second kappa shape index (κ2) is 9.07. The molecule has 34 heavy (non-hydrogen) atoms. The minimum Gasteiger partial charge on any atom is -0.488 e. The fourth-order valence-electron chi connectivity index (χ4n) is 3.86. The highest BCUT2D eigenvalue weighted by atomic mass is 16.5. The number of urea groups is 1. The molecule has 0 spiro atoms. The van der Waals surface area contributed by atoms with Crippen molar-refractivity contribution in [2.24, 2.45) is 0 Å². The summed E-state index contributed by atoms with van der Waals surface area (Å²) in [6, 6.07) is 23.7. The number of hydrogen-bond donors (Lipinski definition) is 1. The Morgan fingerprint density at radius 2 is 1.68 bits per heavy atom. The summed E-state index contributed by atoms with van der Waals surface area (Å²) in [4.78, 5) is 38.7. The average Bonchev–Trinajstić information content (AvgIpc) is 3.37. The first-order valence-electron chi connectivity index (χ1n) is 10.7. The van der Waals surface area contributed by atoms with Crippen LogP contribution in [0.1, 0.15) is 16.9 Å². The standard InChI is InChI=1S/C27H20N2O5/c30-25-23(26(31)29(27(32)28-25)16-21-11-6-14-33-21)15-19-8-2-4-13-24(19)34-17-20-10-5-9-18-7-1-3-12-22(18)20/h1-15H,16-17H2,(H,28,30,32)/b23-15+. The van der Waals surface area contributed by atoms with E-state index in [4.69, 9.17) is 9.15 Å². The van der Waals surface area contributed by atoms with Crippen LogP contribution in [0.4, 0.5) is 4.79 Å². The van der Waals surface area contributed by atoms with Crippen LogP contribution >= 0.6 is 0 Å². The van der Waals surface area contributed by atoms with Gasteiger partial charge in [-0.15, -0.1) is 0 Å². The van der Waals surface area contributed by atoms with Gasteiger partial charge in [-0.05, 0) is 40.6 Å². The summed E-state index contributed by atoms with van der Waals surface area (Å²) >= 11 is 0. The molecule has 7 heteroatoms. The van der Waals surface area contributed by atoms with Crippen LogP contribution in [0.5, 0.6) is 5.75 Å². The number of amides is 4. The van der Waals surface area contributed by atoms with Gasteiger partial charge in [-0.1, -0.05) is 60.7 Å². The topological polar surface area (TPSA) is 88.9 Å². The van der Waals surface area contributed by atoms with Crippen molar-refractivity contribution >= 4 is 34.7 Å². The maximum Gasteiger partial charge on any atom is 0.331 e. The van der Waals surface area contributed by atoms with E-state index in [-0.39, 0.29) is 12.1 Å². The van der Waals surface area contributed by atoms with Crippen LogP contribution in [0.25, 0.3) is 16.8 Å². The van der Waals surface area contributed by atoms with Gasteiger partial charge in [-0.3, -0.25) is 19.8 Å². The SMILES string of the molecule is O=C1NC(=O)N(Cc2ccco2)C(=O)/C1=C/c1ccccc1OCc1cccc2ccccc12. The molecule has 1 N–H and O–H groups in total. The minimum atomic E-state index is -0.788. The lowest BCUT2D eigenvalue weighted by Gasteiger charge is -2.25. The highest BCUT2D eigenvalue weighted by Gasteiger charge is 2.36. The minimum absolute atomic E-state index is 0.0818. The Balaban J connectivity index is 1.42. The normalized spacial score (nSPS) is 15.1. The van der Waals surface area contributed by atoms with E-state index in [2.05, 4.69) is 5.32 Å². The molecule has 4 amide bonds. The molecule has 0 aliphatic carbocycles. The van der Waals surface area contributed by atoms with E-state index in [0.29, 0.717) is 23.7 Å². The molecule has 4 aromatic rings.